The number of aliphatic carboxylic acids is 1. The standard InChI is InChI=1S/C23H28N4O6S/c24-12-20(29)25-19(13-34)22(31)26-17(10-14-4-2-1-3-5-14)21(30)27-18(23(32)33)11-15-6-8-16(28)9-7-15/h1-9,17-19,28,34H,10-13,24H2,(H,25,29)(H,26,31)(H,27,30)(H,32,33). The lowest BCUT2D eigenvalue weighted by Gasteiger charge is -2.24. The molecule has 0 spiro atoms. The molecule has 0 fully saturated rings. The number of hydrogen-bond donors (Lipinski definition) is 7. The molecule has 10 nitrogen and oxygen atoms in total. The number of nitrogens with one attached hydrogen (secondary N) is 3. The summed E-state index contributed by atoms with van der Waals surface area (Å²) < 4.78 is 0. The van der Waals surface area contributed by atoms with E-state index >= 15 is 0 Å². The quantitative estimate of drug-likeness (QED) is 0.199. The third kappa shape index (κ3) is 8.41. The van der Waals surface area contributed by atoms with Gasteiger partial charge in [-0.05, 0) is 23.3 Å². The summed E-state index contributed by atoms with van der Waals surface area (Å²) in [6, 6.07) is 11.4. The summed E-state index contributed by atoms with van der Waals surface area (Å²) in [7, 11) is 0. The Balaban J connectivity index is 2.19. The van der Waals surface area contributed by atoms with Gasteiger partial charge in [0.05, 0.1) is 6.54 Å². The molecular weight excluding hydrogens is 460 g/mol. The topological polar surface area (TPSA) is 171 Å². The number of phenolic OH excluding ortho intramolecular Hbond substituents is 1. The van der Waals surface area contributed by atoms with Gasteiger partial charge in [-0.15, -0.1) is 0 Å². The number of phenols is 1. The lowest BCUT2D eigenvalue weighted by atomic mass is 10.0. The highest BCUT2D eigenvalue weighted by Crippen LogP contribution is 2.12. The summed E-state index contributed by atoms with van der Waals surface area (Å²) in [5.41, 5.74) is 6.61. The minimum atomic E-state index is -1.27. The molecule has 7 N–H and O–H groups in total. The second-order valence-corrected chi connectivity index (χ2v) is 7.89. The van der Waals surface area contributed by atoms with Crippen molar-refractivity contribution in [2.24, 2.45) is 5.73 Å². The number of rotatable bonds is 12. The first-order chi connectivity index (χ1) is 16.2. The van der Waals surface area contributed by atoms with Gasteiger partial charge in [-0.25, -0.2) is 4.79 Å². The van der Waals surface area contributed by atoms with Gasteiger partial charge in [0.25, 0.3) is 0 Å². The summed E-state index contributed by atoms with van der Waals surface area (Å²) in [6.07, 6.45) is 0.0628. The highest BCUT2D eigenvalue weighted by Gasteiger charge is 2.29. The van der Waals surface area contributed by atoms with Crippen LogP contribution in [-0.4, -0.2) is 64.3 Å². The van der Waals surface area contributed by atoms with Crippen molar-refractivity contribution in [3.8, 4) is 5.75 Å². The van der Waals surface area contributed by atoms with E-state index in [-0.39, 0.29) is 30.9 Å². The average molecular weight is 489 g/mol. The molecule has 0 aliphatic carbocycles. The molecular formula is C23H28N4O6S. The number of benzene rings is 2. The largest absolute Gasteiger partial charge is 0.508 e. The van der Waals surface area contributed by atoms with E-state index in [1.807, 2.05) is 0 Å². The molecule has 3 unspecified atom stereocenters. The van der Waals surface area contributed by atoms with Crippen LogP contribution in [0.2, 0.25) is 0 Å². The molecule has 2 rings (SSSR count). The number of thiol groups is 1. The van der Waals surface area contributed by atoms with E-state index in [1.54, 1.807) is 42.5 Å². The maximum atomic E-state index is 13.1. The highest BCUT2D eigenvalue weighted by molar-refractivity contribution is 7.80. The van der Waals surface area contributed by atoms with E-state index in [4.69, 9.17) is 5.73 Å². The van der Waals surface area contributed by atoms with Crippen molar-refractivity contribution in [2.45, 2.75) is 31.0 Å². The maximum absolute atomic E-state index is 13.1. The van der Waals surface area contributed by atoms with Crippen molar-refractivity contribution in [3.63, 3.8) is 0 Å². The first-order valence-corrected chi connectivity index (χ1v) is 11.1. The second-order valence-electron chi connectivity index (χ2n) is 7.53. The molecule has 0 bridgehead atoms. The molecule has 11 heteroatoms. The van der Waals surface area contributed by atoms with E-state index in [0.29, 0.717) is 5.56 Å². The van der Waals surface area contributed by atoms with Gasteiger partial charge in [-0.3, -0.25) is 14.4 Å². The molecule has 0 aliphatic heterocycles. The Bertz CT molecular complexity index is 987. The van der Waals surface area contributed by atoms with E-state index < -0.39 is 41.8 Å². The van der Waals surface area contributed by atoms with E-state index in [2.05, 4.69) is 28.6 Å². The van der Waals surface area contributed by atoms with E-state index in [9.17, 15) is 29.4 Å². The number of carbonyl (C=O) groups excluding carboxylic acids is 3. The summed E-state index contributed by atoms with van der Waals surface area (Å²) in [5, 5.41) is 26.5. The summed E-state index contributed by atoms with van der Waals surface area (Å²) in [6.45, 7) is -0.316. The van der Waals surface area contributed by atoms with Crippen LogP contribution in [0.15, 0.2) is 54.6 Å². The molecule has 0 aliphatic rings. The number of nitrogens with two attached hydrogens (primary N) is 1. The van der Waals surface area contributed by atoms with Crippen LogP contribution in [0.4, 0.5) is 0 Å². The molecule has 0 radical (unpaired) electrons. The van der Waals surface area contributed by atoms with Crippen molar-refractivity contribution in [1.29, 1.82) is 0 Å². The Morgan fingerprint density at radius 3 is 1.88 bits per heavy atom. The normalized spacial score (nSPS) is 13.2. The number of amides is 3. The van der Waals surface area contributed by atoms with E-state index in [1.165, 1.54) is 12.1 Å². The van der Waals surface area contributed by atoms with Crippen LogP contribution in [0.5, 0.6) is 5.75 Å². The summed E-state index contributed by atoms with van der Waals surface area (Å²) in [5.74, 6) is -3.17. The van der Waals surface area contributed by atoms with Gasteiger partial charge in [0, 0.05) is 18.6 Å². The Labute approximate surface area is 202 Å². The van der Waals surface area contributed by atoms with Crippen molar-refractivity contribution < 1.29 is 29.4 Å². The molecule has 0 saturated carbocycles. The fourth-order valence-corrected chi connectivity index (χ4v) is 3.38. The predicted molar refractivity (Wildman–Crippen MR) is 128 cm³/mol. The van der Waals surface area contributed by atoms with Crippen LogP contribution in [0.1, 0.15) is 11.1 Å². The van der Waals surface area contributed by atoms with E-state index in [0.717, 1.165) is 5.56 Å². The molecule has 0 saturated heterocycles. The molecule has 182 valence electrons. The lowest BCUT2D eigenvalue weighted by molar-refractivity contribution is -0.142. The van der Waals surface area contributed by atoms with Gasteiger partial charge < -0.3 is 31.9 Å². The number of carboxylic acid groups (broad SMARTS) is 1. The van der Waals surface area contributed by atoms with Crippen molar-refractivity contribution in [1.82, 2.24) is 16.0 Å². The number of carboxylic acids is 1. The second kappa shape index (κ2) is 13.2. The van der Waals surface area contributed by atoms with Crippen molar-refractivity contribution in [2.75, 3.05) is 12.3 Å². The van der Waals surface area contributed by atoms with Gasteiger partial charge >= 0.3 is 5.97 Å². The zero-order valence-corrected chi connectivity index (χ0v) is 19.2. The lowest BCUT2D eigenvalue weighted by Crippen LogP contribution is -2.57. The number of aromatic hydroxyl groups is 1. The van der Waals surface area contributed by atoms with Crippen molar-refractivity contribution >= 4 is 36.3 Å². The molecule has 3 amide bonds. The monoisotopic (exact) mass is 488 g/mol. The van der Waals surface area contributed by atoms with Crippen LogP contribution in [-0.2, 0) is 32.0 Å². The Morgan fingerprint density at radius 2 is 1.32 bits per heavy atom. The van der Waals surface area contributed by atoms with Gasteiger partial charge in [0.15, 0.2) is 0 Å². The first-order valence-electron chi connectivity index (χ1n) is 10.5. The molecule has 2 aromatic rings. The molecule has 2 aromatic carbocycles. The zero-order valence-electron chi connectivity index (χ0n) is 18.3. The molecule has 34 heavy (non-hydrogen) atoms. The fourth-order valence-electron chi connectivity index (χ4n) is 3.12. The Kier molecular flexibility index (Phi) is 10.4. The highest BCUT2D eigenvalue weighted by atomic mass is 32.1. The minimum absolute atomic E-state index is 0.0286. The molecule has 0 aromatic heterocycles. The summed E-state index contributed by atoms with van der Waals surface area (Å²) >= 11 is 4.07. The van der Waals surface area contributed by atoms with Crippen LogP contribution in [0.25, 0.3) is 0 Å². The minimum Gasteiger partial charge on any atom is -0.508 e. The van der Waals surface area contributed by atoms with Gasteiger partial charge in [-0.2, -0.15) is 12.6 Å². The maximum Gasteiger partial charge on any atom is 0.326 e. The van der Waals surface area contributed by atoms with Gasteiger partial charge in [0.2, 0.25) is 17.7 Å². The Hall–Kier alpha value is -3.57. The zero-order chi connectivity index (χ0) is 25.1. The Morgan fingerprint density at radius 1 is 0.794 bits per heavy atom. The molecule has 3 atom stereocenters. The van der Waals surface area contributed by atoms with Crippen LogP contribution in [0.3, 0.4) is 0 Å². The SMILES string of the molecule is NCC(=O)NC(CS)C(=O)NC(Cc1ccccc1)C(=O)NC(Cc1ccc(O)cc1)C(=O)O. The predicted octanol–water partition coefficient (Wildman–Crippen LogP) is -0.395. The smallest absolute Gasteiger partial charge is 0.326 e. The first kappa shape index (κ1) is 26.7. The number of hydrogen-bond acceptors (Lipinski definition) is 7. The summed E-state index contributed by atoms with van der Waals surface area (Å²) in [4.78, 5) is 49.2. The van der Waals surface area contributed by atoms with Crippen LogP contribution >= 0.6 is 12.6 Å². The van der Waals surface area contributed by atoms with Gasteiger partial charge in [-0.1, -0.05) is 42.5 Å². The third-order valence-electron chi connectivity index (χ3n) is 4.93. The fraction of sp³-hybridized carbons (Fsp3) is 0.304. The average Bonchev–Trinajstić information content (AvgIpc) is 2.83. The molecule has 0 heterocycles. The third-order valence-corrected chi connectivity index (χ3v) is 5.29. The van der Waals surface area contributed by atoms with Crippen LogP contribution < -0.4 is 21.7 Å². The van der Waals surface area contributed by atoms with Gasteiger partial charge in [0.1, 0.15) is 23.9 Å². The number of carbonyl (C=O) groups is 4. The van der Waals surface area contributed by atoms with Crippen molar-refractivity contribution in [3.05, 3.63) is 65.7 Å². The van der Waals surface area contributed by atoms with Crippen LogP contribution in [0, 0.1) is 0 Å².